The Bertz CT molecular complexity index is 419. The van der Waals surface area contributed by atoms with E-state index in [9.17, 15) is 9.90 Å². The van der Waals surface area contributed by atoms with E-state index in [1.54, 1.807) is 0 Å². The van der Waals surface area contributed by atoms with Crippen molar-refractivity contribution in [2.75, 3.05) is 37.5 Å². The lowest BCUT2D eigenvalue weighted by atomic mass is 9.83. The predicted octanol–water partition coefficient (Wildman–Crippen LogP) is 2.48. The SMILES string of the molecule is CCC(CC)(CO)CNc1ccc(NC(=O)COC)cc1. The standard InChI is InChI=1S/C16H26N2O3/c1-4-16(5-2,12-19)11-17-13-6-8-14(9-7-13)18-15(20)10-21-3/h6-9,17,19H,4-5,10-12H2,1-3H3,(H,18,20). The van der Waals surface area contributed by atoms with Crippen LogP contribution in [0.4, 0.5) is 11.4 Å². The Labute approximate surface area is 126 Å². The van der Waals surface area contributed by atoms with Gasteiger partial charge in [0.2, 0.25) is 5.91 Å². The van der Waals surface area contributed by atoms with Gasteiger partial charge in [-0.15, -0.1) is 0 Å². The summed E-state index contributed by atoms with van der Waals surface area (Å²) in [5.41, 5.74) is 1.63. The van der Waals surface area contributed by atoms with E-state index in [1.807, 2.05) is 24.3 Å². The molecule has 0 spiro atoms. The highest BCUT2D eigenvalue weighted by molar-refractivity contribution is 5.91. The van der Waals surface area contributed by atoms with E-state index in [-0.39, 0.29) is 24.5 Å². The maximum Gasteiger partial charge on any atom is 0.250 e. The molecule has 5 heteroatoms. The van der Waals surface area contributed by atoms with E-state index in [1.165, 1.54) is 7.11 Å². The van der Waals surface area contributed by atoms with Gasteiger partial charge in [-0.3, -0.25) is 4.79 Å². The Balaban J connectivity index is 2.56. The van der Waals surface area contributed by atoms with E-state index in [0.29, 0.717) is 0 Å². The van der Waals surface area contributed by atoms with Crippen LogP contribution in [0.25, 0.3) is 0 Å². The number of carbonyl (C=O) groups excluding carboxylic acids is 1. The van der Waals surface area contributed by atoms with Crippen LogP contribution < -0.4 is 10.6 Å². The molecule has 0 fully saturated rings. The number of rotatable bonds is 9. The van der Waals surface area contributed by atoms with Gasteiger partial charge < -0.3 is 20.5 Å². The third-order valence-electron chi connectivity index (χ3n) is 3.95. The maximum atomic E-state index is 11.4. The minimum atomic E-state index is -0.172. The molecule has 0 radical (unpaired) electrons. The van der Waals surface area contributed by atoms with Gasteiger partial charge in [0.15, 0.2) is 0 Å². The van der Waals surface area contributed by atoms with Gasteiger partial charge >= 0.3 is 0 Å². The second-order valence-corrected chi connectivity index (χ2v) is 5.28. The zero-order chi connectivity index (χ0) is 15.7. The molecule has 1 rings (SSSR count). The lowest BCUT2D eigenvalue weighted by molar-refractivity contribution is -0.119. The summed E-state index contributed by atoms with van der Waals surface area (Å²) in [4.78, 5) is 11.4. The molecule has 1 amide bonds. The van der Waals surface area contributed by atoms with Crippen LogP contribution >= 0.6 is 0 Å². The number of hydrogen-bond acceptors (Lipinski definition) is 4. The Morgan fingerprint density at radius 3 is 2.24 bits per heavy atom. The van der Waals surface area contributed by atoms with E-state index in [2.05, 4.69) is 24.5 Å². The van der Waals surface area contributed by atoms with Crippen molar-refractivity contribution in [3.63, 3.8) is 0 Å². The third-order valence-corrected chi connectivity index (χ3v) is 3.95. The molecule has 0 bridgehead atoms. The molecule has 0 aliphatic carbocycles. The van der Waals surface area contributed by atoms with Crippen LogP contribution in [0, 0.1) is 5.41 Å². The van der Waals surface area contributed by atoms with Crippen molar-refractivity contribution in [3.05, 3.63) is 24.3 Å². The maximum absolute atomic E-state index is 11.4. The second-order valence-electron chi connectivity index (χ2n) is 5.28. The molecular weight excluding hydrogens is 268 g/mol. The number of aliphatic hydroxyl groups excluding tert-OH is 1. The Morgan fingerprint density at radius 1 is 1.19 bits per heavy atom. The fourth-order valence-electron chi connectivity index (χ4n) is 2.07. The highest BCUT2D eigenvalue weighted by atomic mass is 16.5. The Kier molecular flexibility index (Phi) is 7.19. The molecule has 0 unspecified atom stereocenters. The molecule has 0 aliphatic heterocycles. The first-order valence-electron chi connectivity index (χ1n) is 7.32. The first-order valence-corrected chi connectivity index (χ1v) is 7.32. The molecule has 3 N–H and O–H groups in total. The van der Waals surface area contributed by atoms with Gasteiger partial charge in [0.25, 0.3) is 0 Å². The lowest BCUT2D eigenvalue weighted by Gasteiger charge is -2.30. The molecule has 5 nitrogen and oxygen atoms in total. The first-order chi connectivity index (χ1) is 10.1. The minimum Gasteiger partial charge on any atom is -0.396 e. The zero-order valence-corrected chi connectivity index (χ0v) is 13.1. The minimum absolute atomic E-state index is 0.0476. The van der Waals surface area contributed by atoms with Gasteiger partial charge in [-0.25, -0.2) is 0 Å². The number of nitrogens with one attached hydrogen (secondary N) is 2. The van der Waals surface area contributed by atoms with Crippen molar-refractivity contribution in [1.29, 1.82) is 0 Å². The number of hydrogen-bond donors (Lipinski definition) is 3. The first kappa shape index (κ1) is 17.5. The van der Waals surface area contributed by atoms with Crippen LogP contribution in [-0.2, 0) is 9.53 Å². The van der Waals surface area contributed by atoms with Crippen LogP contribution in [0.1, 0.15) is 26.7 Å². The summed E-state index contributed by atoms with van der Waals surface area (Å²) >= 11 is 0. The fourth-order valence-corrected chi connectivity index (χ4v) is 2.07. The molecule has 1 aromatic rings. The average Bonchev–Trinajstić information content (AvgIpc) is 2.51. The van der Waals surface area contributed by atoms with Gasteiger partial charge in [-0.2, -0.15) is 0 Å². The Morgan fingerprint density at radius 2 is 1.76 bits per heavy atom. The number of benzene rings is 1. The van der Waals surface area contributed by atoms with E-state index in [4.69, 9.17) is 4.74 Å². The predicted molar refractivity (Wildman–Crippen MR) is 85.5 cm³/mol. The van der Waals surface area contributed by atoms with E-state index in [0.717, 1.165) is 30.8 Å². The van der Waals surface area contributed by atoms with Crippen molar-refractivity contribution in [1.82, 2.24) is 0 Å². The molecule has 0 saturated heterocycles. The topological polar surface area (TPSA) is 70.6 Å². The highest BCUT2D eigenvalue weighted by Crippen LogP contribution is 2.26. The van der Waals surface area contributed by atoms with E-state index < -0.39 is 0 Å². The normalized spacial score (nSPS) is 11.2. The summed E-state index contributed by atoms with van der Waals surface area (Å²) in [5, 5.41) is 15.6. The molecule has 0 heterocycles. The molecule has 0 aromatic heterocycles. The highest BCUT2D eigenvalue weighted by Gasteiger charge is 2.24. The van der Waals surface area contributed by atoms with Crippen molar-refractivity contribution in [3.8, 4) is 0 Å². The summed E-state index contributed by atoms with van der Waals surface area (Å²) < 4.78 is 4.76. The Hall–Kier alpha value is -1.59. The van der Waals surface area contributed by atoms with Crippen LogP contribution in [0.5, 0.6) is 0 Å². The van der Waals surface area contributed by atoms with Gasteiger partial charge in [0.05, 0.1) is 6.61 Å². The van der Waals surface area contributed by atoms with Crippen LogP contribution in [0.2, 0.25) is 0 Å². The molecule has 0 saturated carbocycles. The third kappa shape index (κ3) is 5.36. The van der Waals surface area contributed by atoms with Crippen LogP contribution in [0.15, 0.2) is 24.3 Å². The van der Waals surface area contributed by atoms with Crippen molar-refractivity contribution in [2.24, 2.45) is 5.41 Å². The number of amides is 1. The molecule has 1 aromatic carbocycles. The van der Waals surface area contributed by atoms with Gasteiger partial charge in [-0.1, -0.05) is 13.8 Å². The van der Waals surface area contributed by atoms with Gasteiger partial charge in [0.1, 0.15) is 6.61 Å². The summed E-state index contributed by atoms with van der Waals surface area (Å²) in [5.74, 6) is -0.172. The summed E-state index contributed by atoms with van der Waals surface area (Å²) in [6, 6.07) is 7.51. The monoisotopic (exact) mass is 294 g/mol. The zero-order valence-electron chi connectivity index (χ0n) is 13.1. The average molecular weight is 294 g/mol. The molecule has 0 aliphatic rings. The summed E-state index contributed by atoms with van der Waals surface area (Å²) in [6.45, 7) is 5.14. The van der Waals surface area contributed by atoms with E-state index >= 15 is 0 Å². The smallest absolute Gasteiger partial charge is 0.250 e. The van der Waals surface area contributed by atoms with Crippen molar-refractivity contribution < 1.29 is 14.6 Å². The molecule has 21 heavy (non-hydrogen) atoms. The lowest BCUT2D eigenvalue weighted by Crippen LogP contribution is -2.32. The molecule has 118 valence electrons. The van der Waals surface area contributed by atoms with Gasteiger partial charge in [0, 0.05) is 30.4 Å². The second kappa shape index (κ2) is 8.64. The largest absolute Gasteiger partial charge is 0.396 e. The number of aliphatic hydroxyl groups is 1. The number of carbonyl (C=O) groups is 1. The summed E-state index contributed by atoms with van der Waals surface area (Å²) in [7, 11) is 1.49. The quantitative estimate of drug-likeness (QED) is 0.654. The number of ether oxygens (including phenoxy) is 1. The molecular formula is C16H26N2O3. The summed E-state index contributed by atoms with van der Waals surface area (Å²) in [6.07, 6.45) is 1.86. The van der Waals surface area contributed by atoms with Gasteiger partial charge in [-0.05, 0) is 37.1 Å². The fraction of sp³-hybridized carbons (Fsp3) is 0.562. The molecule has 0 atom stereocenters. The number of methoxy groups -OCH3 is 1. The van der Waals surface area contributed by atoms with Crippen molar-refractivity contribution >= 4 is 17.3 Å². The number of anilines is 2. The van der Waals surface area contributed by atoms with Crippen LogP contribution in [-0.4, -0.2) is 37.9 Å². The van der Waals surface area contributed by atoms with Crippen LogP contribution in [0.3, 0.4) is 0 Å². The van der Waals surface area contributed by atoms with Crippen molar-refractivity contribution in [2.45, 2.75) is 26.7 Å².